The number of rotatable bonds is 1. The van der Waals surface area contributed by atoms with Crippen LogP contribution in [0.5, 0.6) is 0 Å². The zero-order valence-corrected chi connectivity index (χ0v) is 6.65. The number of alkyl halides is 1. The molecule has 9 heavy (non-hydrogen) atoms. The van der Waals surface area contributed by atoms with Gasteiger partial charge in [0.15, 0.2) is 0 Å². The predicted molar refractivity (Wildman–Crippen MR) is 36.7 cm³/mol. The van der Waals surface area contributed by atoms with Gasteiger partial charge in [0.05, 0.1) is 23.1 Å². The Morgan fingerprint density at radius 2 is 2.22 bits per heavy atom. The highest BCUT2D eigenvalue weighted by Crippen LogP contribution is 2.56. The van der Waals surface area contributed by atoms with Crippen molar-refractivity contribution in [2.45, 2.75) is 22.8 Å². The van der Waals surface area contributed by atoms with Crippen molar-refractivity contribution in [3.8, 4) is 0 Å². The maximum Gasteiger partial charge on any atom is 0.0941 e. The van der Waals surface area contributed by atoms with Crippen molar-refractivity contribution in [2.75, 3.05) is 13.2 Å². The summed E-state index contributed by atoms with van der Waals surface area (Å²) in [6, 6.07) is 0. The molecule has 1 aliphatic carbocycles. The molecular formula is C6H9BrO2. The summed E-state index contributed by atoms with van der Waals surface area (Å²) < 4.78 is 5.60. The van der Waals surface area contributed by atoms with Crippen LogP contribution in [0.1, 0.15) is 12.8 Å². The second-order valence-electron chi connectivity index (χ2n) is 3.13. The van der Waals surface area contributed by atoms with Crippen LogP contribution >= 0.6 is 15.9 Å². The lowest BCUT2D eigenvalue weighted by atomic mass is 9.75. The Hall–Kier alpha value is 0.400. The van der Waals surface area contributed by atoms with Crippen molar-refractivity contribution in [1.29, 1.82) is 0 Å². The molecule has 2 bridgehead atoms. The smallest absolute Gasteiger partial charge is 0.0941 e. The number of halogens is 1. The summed E-state index contributed by atoms with van der Waals surface area (Å²) in [6.45, 7) is 0.952. The van der Waals surface area contributed by atoms with E-state index in [0.717, 1.165) is 19.4 Å². The van der Waals surface area contributed by atoms with Gasteiger partial charge in [0.1, 0.15) is 0 Å². The fraction of sp³-hybridized carbons (Fsp3) is 1.00. The summed E-state index contributed by atoms with van der Waals surface area (Å²) in [7, 11) is 0. The number of aliphatic hydroxyl groups excluding tert-OH is 1. The van der Waals surface area contributed by atoms with Crippen LogP contribution in [-0.2, 0) is 4.74 Å². The number of hydrogen-bond donors (Lipinski definition) is 1. The molecule has 0 aromatic rings. The van der Waals surface area contributed by atoms with Gasteiger partial charge in [-0.2, -0.15) is 0 Å². The van der Waals surface area contributed by atoms with Crippen LogP contribution in [-0.4, -0.2) is 28.2 Å². The second kappa shape index (κ2) is 1.52. The Bertz CT molecular complexity index is 140. The molecule has 52 valence electrons. The summed E-state index contributed by atoms with van der Waals surface area (Å²) in [5, 5.41) is 8.83. The van der Waals surface area contributed by atoms with E-state index in [-0.39, 0.29) is 16.5 Å². The van der Waals surface area contributed by atoms with Crippen LogP contribution in [0, 0.1) is 0 Å². The summed E-state index contributed by atoms with van der Waals surface area (Å²) >= 11 is 3.55. The van der Waals surface area contributed by atoms with Gasteiger partial charge in [-0.25, -0.2) is 0 Å². The molecule has 3 heteroatoms. The fourth-order valence-electron chi connectivity index (χ4n) is 1.75. The van der Waals surface area contributed by atoms with E-state index in [1.165, 1.54) is 0 Å². The molecule has 0 aromatic carbocycles. The summed E-state index contributed by atoms with van der Waals surface area (Å²) in [6.07, 6.45) is 1.97. The van der Waals surface area contributed by atoms with Gasteiger partial charge in [0, 0.05) is 0 Å². The Kier molecular flexibility index (Phi) is 1.04. The van der Waals surface area contributed by atoms with Crippen LogP contribution in [0.2, 0.25) is 0 Å². The monoisotopic (exact) mass is 192 g/mol. The molecule has 1 N–H and O–H groups in total. The van der Waals surface area contributed by atoms with Gasteiger partial charge >= 0.3 is 0 Å². The van der Waals surface area contributed by atoms with E-state index in [4.69, 9.17) is 9.84 Å². The van der Waals surface area contributed by atoms with Crippen molar-refractivity contribution in [3.05, 3.63) is 0 Å². The van der Waals surface area contributed by atoms with E-state index in [1.54, 1.807) is 0 Å². The zero-order chi connectivity index (χ0) is 6.54. The molecule has 3 fully saturated rings. The highest BCUT2D eigenvalue weighted by Gasteiger charge is 2.60. The number of fused-ring (bicyclic) bond motifs is 1. The average Bonchev–Trinajstić information content (AvgIpc) is 2.20. The first kappa shape index (κ1) is 6.13. The minimum absolute atomic E-state index is 0.149. The predicted octanol–water partition coefficient (Wildman–Crippen LogP) is 0.675. The Labute approximate surface area is 62.3 Å². The van der Waals surface area contributed by atoms with E-state index in [0.29, 0.717) is 0 Å². The maximum absolute atomic E-state index is 8.83. The number of aliphatic hydroxyl groups is 1. The van der Waals surface area contributed by atoms with Crippen LogP contribution in [0.25, 0.3) is 0 Å². The first-order chi connectivity index (χ1) is 4.18. The second-order valence-corrected chi connectivity index (χ2v) is 4.82. The molecule has 2 aliphatic heterocycles. The van der Waals surface area contributed by atoms with Crippen molar-refractivity contribution in [2.24, 2.45) is 0 Å². The molecule has 2 heterocycles. The number of hydrogen-bond acceptors (Lipinski definition) is 2. The lowest BCUT2D eigenvalue weighted by Gasteiger charge is -2.39. The quantitative estimate of drug-likeness (QED) is 0.620. The molecule has 0 unspecified atom stereocenters. The molecule has 3 aliphatic rings. The molecule has 2 nitrogen and oxygen atoms in total. The standard InChI is InChI=1S/C6H9BrO2/c7-5-1-6(2-5,3-8)9-4-5/h8H,1-4H2. The fourth-order valence-corrected chi connectivity index (χ4v) is 2.88. The Morgan fingerprint density at radius 1 is 1.56 bits per heavy atom. The minimum Gasteiger partial charge on any atom is -0.393 e. The van der Waals surface area contributed by atoms with Crippen LogP contribution in [0.3, 0.4) is 0 Å². The van der Waals surface area contributed by atoms with Crippen molar-refractivity contribution in [3.63, 3.8) is 0 Å². The van der Waals surface area contributed by atoms with E-state index in [1.807, 2.05) is 0 Å². The summed E-state index contributed by atoms with van der Waals surface area (Å²) in [5.74, 6) is 0. The third-order valence-corrected chi connectivity index (χ3v) is 2.99. The van der Waals surface area contributed by atoms with Gasteiger partial charge in [-0.05, 0) is 12.8 Å². The van der Waals surface area contributed by atoms with Crippen molar-refractivity contribution >= 4 is 15.9 Å². The van der Waals surface area contributed by atoms with Gasteiger partial charge < -0.3 is 9.84 Å². The molecule has 1 saturated carbocycles. The zero-order valence-electron chi connectivity index (χ0n) is 5.06. The third kappa shape index (κ3) is 0.686. The van der Waals surface area contributed by atoms with Gasteiger partial charge in [-0.3, -0.25) is 0 Å². The van der Waals surface area contributed by atoms with Gasteiger partial charge in [0.25, 0.3) is 0 Å². The third-order valence-electron chi connectivity index (χ3n) is 2.20. The maximum atomic E-state index is 8.83. The first-order valence-electron chi connectivity index (χ1n) is 3.12. The van der Waals surface area contributed by atoms with Crippen molar-refractivity contribution in [1.82, 2.24) is 0 Å². The average molecular weight is 193 g/mol. The van der Waals surface area contributed by atoms with Crippen molar-refractivity contribution < 1.29 is 9.84 Å². The molecule has 0 spiro atoms. The first-order valence-corrected chi connectivity index (χ1v) is 3.91. The van der Waals surface area contributed by atoms with Crippen LogP contribution in [0.4, 0.5) is 0 Å². The highest BCUT2D eigenvalue weighted by molar-refractivity contribution is 9.10. The molecule has 3 rings (SSSR count). The SMILES string of the molecule is OCC12CC(Br)(CO1)C2. The molecule has 0 atom stereocenters. The van der Waals surface area contributed by atoms with Crippen LogP contribution < -0.4 is 0 Å². The van der Waals surface area contributed by atoms with E-state index in [9.17, 15) is 0 Å². The molecule has 0 aromatic heterocycles. The van der Waals surface area contributed by atoms with E-state index in [2.05, 4.69) is 15.9 Å². The summed E-state index contributed by atoms with van der Waals surface area (Å²) in [5.41, 5.74) is -0.149. The van der Waals surface area contributed by atoms with E-state index < -0.39 is 0 Å². The summed E-state index contributed by atoms with van der Waals surface area (Å²) in [4.78, 5) is 0. The lowest BCUT2D eigenvalue weighted by Crippen LogP contribution is -2.47. The highest BCUT2D eigenvalue weighted by atomic mass is 79.9. The minimum atomic E-state index is -0.149. The number of ether oxygens (including phenoxy) is 1. The lowest BCUT2D eigenvalue weighted by molar-refractivity contribution is -0.0407. The van der Waals surface area contributed by atoms with Gasteiger partial charge in [-0.15, -0.1) is 0 Å². The largest absolute Gasteiger partial charge is 0.393 e. The van der Waals surface area contributed by atoms with Crippen LogP contribution in [0.15, 0.2) is 0 Å². The van der Waals surface area contributed by atoms with Gasteiger partial charge in [0.2, 0.25) is 0 Å². The normalized spacial score (nSPS) is 55.3. The van der Waals surface area contributed by atoms with Gasteiger partial charge in [-0.1, -0.05) is 15.9 Å². The molecule has 2 saturated heterocycles. The Balaban J connectivity index is 2.12. The Morgan fingerprint density at radius 3 is 2.44 bits per heavy atom. The molecule has 0 radical (unpaired) electrons. The topological polar surface area (TPSA) is 29.5 Å². The molecule has 0 amide bonds. The molecular weight excluding hydrogens is 184 g/mol. The van der Waals surface area contributed by atoms with E-state index >= 15 is 0 Å².